The summed E-state index contributed by atoms with van der Waals surface area (Å²) in [5.74, 6) is 0. The summed E-state index contributed by atoms with van der Waals surface area (Å²) in [6, 6.07) is 7.93. The van der Waals surface area contributed by atoms with E-state index in [4.69, 9.17) is 0 Å². The van der Waals surface area contributed by atoms with E-state index in [0.29, 0.717) is 13.1 Å². The fourth-order valence-corrected chi connectivity index (χ4v) is 2.60. The third kappa shape index (κ3) is 11.1. The van der Waals surface area contributed by atoms with E-state index < -0.39 is 0 Å². The molecule has 0 saturated heterocycles. The molecule has 0 aliphatic heterocycles. The number of rotatable bonds is 13. The summed E-state index contributed by atoms with van der Waals surface area (Å²) in [6.07, 6.45) is 11.5. The number of amides is 2. The van der Waals surface area contributed by atoms with Crippen LogP contribution >= 0.6 is 0 Å². The molecule has 0 aliphatic rings. The van der Waals surface area contributed by atoms with Crippen LogP contribution in [0.5, 0.6) is 0 Å². The quantitative estimate of drug-likeness (QED) is 0.305. The van der Waals surface area contributed by atoms with E-state index in [-0.39, 0.29) is 6.03 Å². The van der Waals surface area contributed by atoms with E-state index in [9.17, 15) is 9.59 Å². The molecule has 0 unspecified atom stereocenters. The van der Waals surface area contributed by atoms with Gasteiger partial charge in [0.2, 0.25) is 6.08 Å². The number of benzene rings is 1. The normalized spacial score (nSPS) is 10.1. The van der Waals surface area contributed by atoms with Gasteiger partial charge in [-0.3, -0.25) is 0 Å². The Morgan fingerprint density at radius 1 is 1.00 bits per heavy atom. The van der Waals surface area contributed by atoms with Crippen LogP contribution in [0.1, 0.15) is 63.9 Å². The Balaban J connectivity index is 2.12. The highest BCUT2D eigenvalue weighted by Crippen LogP contribution is 2.12. The molecule has 0 spiro atoms. The molecule has 25 heavy (non-hydrogen) atoms. The zero-order valence-electron chi connectivity index (χ0n) is 15.4. The molecule has 2 amide bonds. The lowest BCUT2D eigenvalue weighted by molar-refractivity contribution is 0.252. The Morgan fingerprint density at radius 3 is 2.44 bits per heavy atom. The molecule has 1 rings (SSSR count). The molecular formula is C20H31N3O2. The van der Waals surface area contributed by atoms with Gasteiger partial charge >= 0.3 is 6.03 Å². The number of nitrogens with zero attached hydrogens (tertiary/aromatic N) is 1. The number of anilines is 1. The van der Waals surface area contributed by atoms with Crippen LogP contribution < -0.4 is 10.6 Å². The molecule has 0 bridgehead atoms. The minimum Gasteiger partial charge on any atom is -0.338 e. The van der Waals surface area contributed by atoms with Gasteiger partial charge in [0, 0.05) is 12.2 Å². The van der Waals surface area contributed by atoms with E-state index in [2.05, 4.69) is 34.7 Å². The predicted molar refractivity (Wildman–Crippen MR) is 103 cm³/mol. The van der Waals surface area contributed by atoms with Crippen molar-refractivity contribution in [3.63, 3.8) is 0 Å². The van der Waals surface area contributed by atoms with Crippen molar-refractivity contribution in [2.45, 2.75) is 64.7 Å². The molecule has 0 aromatic heterocycles. The topological polar surface area (TPSA) is 70.6 Å². The number of carbonyl (C=O) groups is 1. The summed E-state index contributed by atoms with van der Waals surface area (Å²) < 4.78 is 0. The van der Waals surface area contributed by atoms with Crippen LogP contribution in [0.4, 0.5) is 10.5 Å². The van der Waals surface area contributed by atoms with Crippen molar-refractivity contribution in [3.05, 3.63) is 29.8 Å². The number of hydrogen-bond donors (Lipinski definition) is 2. The van der Waals surface area contributed by atoms with E-state index in [1.54, 1.807) is 0 Å². The Morgan fingerprint density at radius 2 is 1.72 bits per heavy atom. The number of carbonyl (C=O) groups excluding carboxylic acids is 2. The number of aryl methyl sites for hydroxylation is 1. The SMILES string of the molecule is CCCCCCc1ccc(NC(=O)NCCCCCCN=C=O)cc1. The maximum Gasteiger partial charge on any atom is 0.319 e. The van der Waals surface area contributed by atoms with Crippen molar-refractivity contribution in [2.75, 3.05) is 18.4 Å². The number of nitrogens with one attached hydrogen (secondary N) is 2. The summed E-state index contributed by atoms with van der Waals surface area (Å²) in [4.78, 5) is 25.3. The fraction of sp³-hybridized carbons (Fsp3) is 0.600. The van der Waals surface area contributed by atoms with Gasteiger partial charge in [0.15, 0.2) is 0 Å². The number of urea groups is 1. The summed E-state index contributed by atoms with van der Waals surface area (Å²) in [5, 5.41) is 5.72. The van der Waals surface area contributed by atoms with E-state index in [1.807, 2.05) is 12.1 Å². The van der Waals surface area contributed by atoms with Gasteiger partial charge in [-0.1, -0.05) is 51.2 Å². The highest BCUT2D eigenvalue weighted by Gasteiger charge is 2.01. The van der Waals surface area contributed by atoms with Crippen LogP contribution in [0.15, 0.2) is 29.3 Å². The Labute approximate surface area is 151 Å². The molecule has 0 saturated carbocycles. The van der Waals surface area contributed by atoms with Crippen molar-refractivity contribution in [2.24, 2.45) is 4.99 Å². The molecule has 5 heteroatoms. The first-order valence-corrected chi connectivity index (χ1v) is 9.43. The first-order valence-electron chi connectivity index (χ1n) is 9.43. The zero-order chi connectivity index (χ0) is 18.2. The summed E-state index contributed by atoms with van der Waals surface area (Å²) >= 11 is 0. The van der Waals surface area contributed by atoms with Crippen LogP contribution in [0.25, 0.3) is 0 Å². The van der Waals surface area contributed by atoms with Crippen LogP contribution in [0, 0.1) is 0 Å². The highest BCUT2D eigenvalue weighted by atomic mass is 16.2. The molecule has 1 aromatic carbocycles. The molecule has 2 N–H and O–H groups in total. The van der Waals surface area contributed by atoms with Gasteiger partial charge in [-0.2, -0.15) is 0 Å². The van der Waals surface area contributed by atoms with Gasteiger partial charge in [-0.05, 0) is 43.4 Å². The van der Waals surface area contributed by atoms with Gasteiger partial charge < -0.3 is 10.6 Å². The van der Waals surface area contributed by atoms with Crippen molar-refractivity contribution in [1.29, 1.82) is 0 Å². The lowest BCUT2D eigenvalue weighted by atomic mass is 10.1. The molecule has 0 atom stereocenters. The zero-order valence-corrected chi connectivity index (χ0v) is 15.4. The third-order valence-electron chi connectivity index (χ3n) is 4.08. The monoisotopic (exact) mass is 345 g/mol. The molecule has 0 fully saturated rings. The molecule has 5 nitrogen and oxygen atoms in total. The Kier molecular flexibility index (Phi) is 11.9. The average Bonchev–Trinajstić information content (AvgIpc) is 2.62. The molecular weight excluding hydrogens is 314 g/mol. The Hall–Kier alpha value is -2.13. The summed E-state index contributed by atoms with van der Waals surface area (Å²) in [7, 11) is 0. The second-order valence-corrected chi connectivity index (χ2v) is 6.28. The lowest BCUT2D eigenvalue weighted by Crippen LogP contribution is -2.29. The van der Waals surface area contributed by atoms with Gasteiger partial charge in [-0.25, -0.2) is 14.6 Å². The van der Waals surface area contributed by atoms with Gasteiger partial charge in [0.05, 0.1) is 6.54 Å². The van der Waals surface area contributed by atoms with Crippen molar-refractivity contribution in [1.82, 2.24) is 5.32 Å². The minimum atomic E-state index is -0.166. The van der Waals surface area contributed by atoms with E-state index in [0.717, 1.165) is 37.8 Å². The van der Waals surface area contributed by atoms with Crippen molar-refractivity contribution < 1.29 is 9.59 Å². The molecule has 0 heterocycles. The average molecular weight is 345 g/mol. The number of aliphatic imine (C=N–C) groups is 1. The number of isocyanates is 1. The first kappa shape index (κ1) is 20.9. The van der Waals surface area contributed by atoms with Gasteiger partial charge in [0.1, 0.15) is 0 Å². The standard InChI is InChI=1S/C20H31N3O2/c1-2-3-4-7-10-18-11-13-19(14-12-18)23-20(25)22-16-9-6-5-8-15-21-17-24/h11-14H,2-10,15-16H2,1H3,(H2,22,23,25). The maximum absolute atomic E-state index is 11.8. The van der Waals surface area contributed by atoms with Crippen LogP contribution in [-0.4, -0.2) is 25.2 Å². The highest BCUT2D eigenvalue weighted by molar-refractivity contribution is 5.89. The minimum absolute atomic E-state index is 0.166. The Bertz CT molecular complexity index is 522. The molecule has 0 radical (unpaired) electrons. The molecule has 138 valence electrons. The lowest BCUT2D eigenvalue weighted by Gasteiger charge is -2.08. The largest absolute Gasteiger partial charge is 0.338 e. The fourth-order valence-electron chi connectivity index (χ4n) is 2.60. The second kappa shape index (κ2) is 14.2. The predicted octanol–water partition coefficient (Wildman–Crippen LogP) is 4.83. The van der Waals surface area contributed by atoms with Crippen LogP contribution in [0.3, 0.4) is 0 Å². The summed E-state index contributed by atoms with van der Waals surface area (Å²) in [5.41, 5.74) is 2.14. The maximum atomic E-state index is 11.8. The first-order chi connectivity index (χ1) is 12.3. The molecule has 0 aliphatic carbocycles. The van der Waals surface area contributed by atoms with Crippen LogP contribution in [0.2, 0.25) is 0 Å². The van der Waals surface area contributed by atoms with Crippen LogP contribution in [-0.2, 0) is 11.2 Å². The second-order valence-electron chi connectivity index (χ2n) is 6.28. The van der Waals surface area contributed by atoms with Gasteiger partial charge in [0.25, 0.3) is 0 Å². The van der Waals surface area contributed by atoms with E-state index in [1.165, 1.54) is 37.3 Å². The number of hydrogen-bond acceptors (Lipinski definition) is 3. The summed E-state index contributed by atoms with van der Waals surface area (Å²) in [6.45, 7) is 3.42. The molecule has 1 aromatic rings. The smallest absolute Gasteiger partial charge is 0.319 e. The van der Waals surface area contributed by atoms with Crippen molar-refractivity contribution in [3.8, 4) is 0 Å². The van der Waals surface area contributed by atoms with Crippen molar-refractivity contribution >= 4 is 17.8 Å². The third-order valence-corrected chi connectivity index (χ3v) is 4.08. The van der Waals surface area contributed by atoms with E-state index >= 15 is 0 Å². The van der Waals surface area contributed by atoms with Gasteiger partial charge in [-0.15, -0.1) is 0 Å². The number of unbranched alkanes of at least 4 members (excludes halogenated alkanes) is 6.